The lowest BCUT2D eigenvalue weighted by Crippen LogP contribution is -2.30. The second-order valence-corrected chi connectivity index (χ2v) is 5.24. The lowest BCUT2D eigenvalue weighted by Gasteiger charge is -2.11. The SMILES string of the molecule is CC(C)NC(=O)c1cc2c3c(c1)CC(=O)N3CC2. The zero-order chi connectivity index (χ0) is 12.9. The summed E-state index contributed by atoms with van der Waals surface area (Å²) in [5.74, 6) is 0.104. The molecule has 4 heteroatoms. The normalized spacial score (nSPS) is 16.4. The maximum atomic E-state index is 12.0. The third kappa shape index (κ3) is 1.60. The van der Waals surface area contributed by atoms with Crippen LogP contribution in [0.1, 0.15) is 35.3 Å². The van der Waals surface area contributed by atoms with E-state index in [1.165, 1.54) is 0 Å². The maximum Gasteiger partial charge on any atom is 0.251 e. The molecule has 3 rings (SSSR count). The molecule has 0 unspecified atom stereocenters. The van der Waals surface area contributed by atoms with Crippen molar-refractivity contribution >= 4 is 17.5 Å². The van der Waals surface area contributed by atoms with E-state index in [1.807, 2.05) is 30.9 Å². The van der Waals surface area contributed by atoms with Crippen LogP contribution in [-0.2, 0) is 17.6 Å². The molecule has 2 heterocycles. The Bertz CT molecular complexity index is 549. The Morgan fingerprint density at radius 3 is 2.78 bits per heavy atom. The minimum Gasteiger partial charge on any atom is -0.350 e. The molecule has 4 nitrogen and oxygen atoms in total. The molecule has 2 amide bonds. The molecule has 0 aliphatic carbocycles. The number of carbonyl (C=O) groups excluding carboxylic acids is 2. The van der Waals surface area contributed by atoms with Gasteiger partial charge in [-0.15, -0.1) is 0 Å². The highest BCUT2D eigenvalue weighted by Crippen LogP contribution is 2.38. The Balaban J connectivity index is 2.00. The Labute approximate surface area is 106 Å². The van der Waals surface area contributed by atoms with E-state index in [2.05, 4.69) is 5.32 Å². The Hall–Kier alpha value is -1.84. The van der Waals surface area contributed by atoms with Crippen LogP contribution in [-0.4, -0.2) is 24.4 Å². The Morgan fingerprint density at radius 2 is 2.06 bits per heavy atom. The van der Waals surface area contributed by atoms with Crippen LogP contribution in [0.4, 0.5) is 5.69 Å². The molecule has 0 saturated heterocycles. The molecule has 1 aromatic carbocycles. The van der Waals surface area contributed by atoms with Crippen molar-refractivity contribution in [2.75, 3.05) is 11.4 Å². The summed E-state index contributed by atoms with van der Waals surface area (Å²) in [7, 11) is 0. The van der Waals surface area contributed by atoms with Crippen LogP contribution in [0.25, 0.3) is 0 Å². The standard InChI is InChI=1S/C14H16N2O2/c1-8(2)15-14(18)11-5-9-3-4-16-12(17)7-10(6-11)13(9)16/h5-6,8H,3-4,7H2,1-2H3,(H,15,18). The predicted octanol–water partition coefficient (Wildman–Crippen LogP) is 1.27. The molecule has 18 heavy (non-hydrogen) atoms. The fourth-order valence-corrected chi connectivity index (χ4v) is 2.76. The number of anilines is 1. The zero-order valence-corrected chi connectivity index (χ0v) is 10.6. The van der Waals surface area contributed by atoms with Gasteiger partial charge in [0.1, 0.15) is 0 Å². The van der Waals surface area contributed by atoms with Crippen LogP contribution in [0.2, 0.25) is 0 Å². The molecule has 94 valence electrons. The van der Waals surface area contributed by atoms with Gasteiger partial charge in [-0.2, -0.15) is 0 Å². The molecule has 0 atom stereocenters. The lowest BCUT2D eigenvalue weighted by atomic mass is 10.0. The monoisotopic (exact) mass is 244 g/mol. The van der Waals surface area contributed by atoms with E-state index in [-0.39, 0.29) is 17.9 Å². The fraction of sp³-hybridized carbons (Fsp3) is 0.429. The highest BCUT2D eigenvalue weighted by Gasteiger charge is 2.34. The number of nitrogens with one attached hydrogen (secondary N) is 1. The lowest BCUT2D eigenvalue weighted by molar-refractivity contribution is -0.117. The summed E-state index contributed by atoms with van der Waals surface area (Å²) in [4.78, 5) is 25.6. The molecular formula is C14H16N2O2. The van der Waals surface area contributed by atoms with Crippen molar-refractivity contribution < 1.29 is 9.59 Å². The molecule has 0 saturated carbocycles. The van der Waals surface area contributed by atoms with Crippen molar-refractivity contribution in [3.63, 3.8) is 0 Å². The third-order valence-electron chi connectivity index (χ3n) is 3.47. The summed E-state index contributed by atoms with van der Waals surface area (Å²) in [5.41, 5.74) is 3.87. The van der Waals surface area contributed by atoms with Gasteiger partial charge >= 0.3 is 0 Å². The maximum absolute atomic E-state index is 12.0. The van der Waals surface area contributed by atoms with Gasteiger partial charge in [0.05, 0.1) is 12.1 Å². The van der Waals surface area contributed by atoms with Crippen LogP contribution < -0.4 is 10.2 Å². The quantitative estimate of drug-likeness (QED) is 0.851. The highest BCUT2D eigenvalue weighted by molar-refractivity contribution is 6.05. The van der Waals surface area contributed by atoms with E-state index in [9.17, 15) is 9.59 Å². The number of hydrogen-bond donors (Lipinski definition) is 1. The van der Waals surface area contributed by atoms with Crippen LogP contribution in [0.5, 0.6) is 0 Å². The summed E-state index contributed by atoms with van der Waals surface area (Å²) in [5, 5.41) is 2.89. The molecule has 0 spiro atoms. The van der Waals surface area contributed by atoms with E-state index < -0.39 is 0 Å². The first-order valence-corrected chi connectivity index (χ1v) is 6.33. The zero-order valence-electron chi connectivity index (χ0n) is 10.6. The summed E-state index contributed by atoms with van der Waals surface area (Å²) in [6, 6.07) is 3.91. The van der Waals surface area contributed by atoms with E-state index in [0.717, 1.165) is 29.8 Å². The number of rotatable bonds is 2. The van der Waals surface area contributed by atoms with Gasteiger partial charge in [0.2, 0.25) is 5.91 Å². The van der Waals surface area contributed by atoms with Crippen molar-refractivity contribution in [1.29, 1.82) is 0 Å². The molecule has 0 fully saturated rings. The van der Waals surface area contributed by atoms with Crippen LogP contribution >= 0.6 is 0 Å². The average Bonchev–Trinajstić information content (AvgIpc) is 2.84. The van der Waals surface area contributed by atoms with Gasteiger partial charge in [0, 0.05) is 18.2 Å². The Kier molecular flexibility index (Phi) is 2.40. The van der Waals surface area contributed by atoms with Gasteiger partial charge in [0.25, 0.3) is 5.91 Å². The molecule has 0 radical (unpaired) electrons. The number of hydrogen-bond acceptors (Lipinski definition) is 2. The minimum atomic E-state index is -0.0538. The molecule has 0 bridgehead atoms. The van der Waals surface area contributed by atoms with Crippen molar-refractivity contribution in [2.24, 2.45) is 0 Å². The van der Waals surface area contributed by atoms with Crippen LogP contribution in [0.3, 0.4) is 0 Å². The summed E-state index contributed by atoms with van der Waals surface area (Å²) >= 11 is 0. The van der Waals surface area contributed by atoms with Crippen LogP contribution in [0, 0.1) is 0 Å². The fourth-order valence-electron chi connectivity index (χ4n) is 2.76. The van der Waals surface area contributed by atoms with E-state index in [0.29, 0.717) is 12.0 Å². The van der Waals surface area contributed by atoms with E-state index in [4.69, 9.17) is 0 Å². The van der Waals surface area contributed by atoms with E-state index >= 15 is 0 Å². The van der Waals surface area contributed by atoms with Gasteiger partial charge in [-0.05, 0) is 43.5 Å². The second kappa shape index (κ2) is 3.83. The van der Waals surface area contributed by atoms with Gasteiger partial charge in [-0.3, -0.25) is 9.59 Å². The average molecular weight is 244 g/mol. The largest absolute Gasteiger partial charge is 0.350 e. The molecule has 2 aliphatic rings. The molecule has 2 aliphatic heterocycles. The van der Waals surface area contributed by atoms with E-state index in [1.54, 1.807) is 0 Å². The van der Waals surface area contributed by atoms with Gasteiger partial charge in [0.15, 0.2) is 0 Å². The highest BCUT2D eigenvalue weighted by atomic mass is 16.2. The summed E-state index contributed by atoms with van der Waals surface area (Å²) in [6.07, 6.45) is 1.29. The van der Waals surface area contributed by atoms with Gasteiger partial charge in [-0.1, -0.05) is 0 Å². The van der Waals surface area contributed by atoms with Crippen molar-refractivity contribution in [2.45, 2.75) is 32.7 Å². The third-order valence-corrected chi connectivity index (χ3v) is 3.47. The minimum absolute atomic E-state index is 0.0538. The number of carbonyl (C=O) groups is 2. The molecule has 1 N–H and O–H groups in total. The number of amides is 2. The smallest absolute Gasteiger partial charge is 0.251 e. The van der Waals surface area contributed by atoms with Crippen LogP contribution in [0.15, 0.2) is 12.1 Å². The molecule has 1 aromatic rings. The molecular weight excluding hydrogens is 228 g/mol. The van der Waals surface area contributed by atoms with Gasteiger partial charge < -0.3 is 10.2 Å². The Morgan fingerprint density at radius 1 is 1.33 bits per heavy atom. The second-order valence-electron chi connectivity index (χ2n) is 5.24. The summed E-state index contributed by atoms with van der Waals surface area (Å²) < 4.78 is 0. The summed E-state index contributed by atoms with van der Waals surface area (Å²) in [6.45, 7) is 4.64. The first kappa shape index (κ1) is 11.3. The number of nitrogens with zero attached hydrogens (tertiary/aromatic N) is 1. The molecule has 0 aromatic heterocycles. The first-order valence-electron chi connectivity index (χ1n) is 6.33. The van der Waals surface area contributed by atoms with Crippen molar-refractivity contribution in [3.8, 4) is 0 Å². The number of benzene rings is 1. The topological polar surface area (TPSA) is 49.4 Å². The first-order chi connectivity index (χ1) is 8.56. The van der Waals surface area contributed by atoms with Crippen molar-refractivity contribution in [3.05, 3.63) is 28.8 Å². The predicted molar refractivity (Wildman–Crippen MR) is 68.8 cm³/mol. The van der Waals surface area contributed by atoms with Crippen molar-refractivity contribution in [1.82, 2.24) is 5.32 Å². The van der Waals surface area contributed by atoms with Gasteiger partial charge in [-0.25, -0.2) is 0 Å².